The van der Waals surface area contributed by atoms with Crippen LogP contribution in [0.3, 0.4) is 0 Å². The fourth-order valence-electron chi connectivity index (χ4n) is 4.87. The number of sulfonamides is 1. The lowest BCUT2D eigenvalue weighted by atomic mass is 9.60. The highest BCUT2D eigenvalue weighted by Crippen LogP contribution is 2.50. The van der Waals surface area contributed by atoms with Crippen molar-refractivity contribution in [3.8, 4) is 5.75 Å². The van der Waals surface area contributed by atoms with Crippen molar-refractivity contribution in [3.63, 3.8) is 0 Å². The van der Waals surface area contributed by atoms with Crippen LogP contribution in [0.5, 0.6) is 5.75 Å². The van der Waals surface area contributed by atoms with Gasteiger partial charge in [0.05, 0.1) is 36.9 Å². The molecule has 4 rings (SSSR count). The largest absolute Gasteiger partial charge is 0.486 e. The van der Waals surface area contributed by atoms with Gasteiger partial charge in [-0.15, -0.1) is 0 Å². The SMILES string of the molecule is COC(=O)C1(C(=O)OC)CC(CC2CN(S(=O)(=O)c3cccc(C(F)(F)F)c3)c3cc(Br)ccc3O2)C1. The van der Waals surface area contributed by atoms with E-state index in [1.54, 1.807) is 12.1 Å². The molecule has 0 spiro atoms. The topological polar surface area (TPSA) is 99.2 Å². The zero-order valence-electron chi connectivity index (χ0n) is 19.7. The zero-order valence-corrected chi connectivity index (χ0v) is 22.2. The molecule has 0 amide bonds. The van der Waals surface area contributed by atoms with E-state index in [2.05, 4.69) is 15.9 Å². The average Bonchev–Trinajstić information content (AvgIpc) is 2.84. The van der Waals surface area contributed by atoms with E-state index in [0.717, 1.165) is 22.5 Å². The van der Waals surface area contributed by atoms with E-state index in [1.165, 1.54) is 20.3 Å². The molecule has 13 heteroatoms. The van der Waals surface area contributed by atoms with Crippen LogP contribution in [0.15, 0.2) is 51.8 Å². The molecular weight excluding hydrogens is 583 g/mol. The third-order valence-corrected chi connectivity index (χ3v) is 8.89. The van der Waals surface area contributed by atoms with Gasteiger partial charge >= 0.3 is 18.1 Å². The number of carbonyl (C=O) groups excluding carboxylic acids is 2. The molecule has 1 aliphatic carbocycles. The maximum Gasteiger partial charge on any atom is 0.416 e. The van der Waals surface area contributed by atoms with Gasteiger partial charge < -0.3 is 14.2 Å². The molecule has 1 heterocycles. The second kappa shape index (κ2) is 9.82. The molecule has 1 saturated carbocycles. The van der Waals surface area contributed by atoms with Gasteiger partial charge in [-0.2, -0.15) is 13.2 Å². The molecule has 0 aromatic heterocycles. The molecule has 1 atom stereocenters. The number of halogens is 4. The number of methoxy groups -OCH3 is 2. The molecule has 0 N–H and O–H groups in total. The van der Waals surface area contributed by atoms with E-state index in [1.807, 2.05) is 0 Å². The van der Waals surface area contributed by atoms with Crippen LogP contribution in [-0.4, -0.2) is 47.2 Å². The lowest BCUT2D eigenvalue weighted by Gasteiger charge is -2.45. The summed E-state index contributed by atoms with van der Waals surface area (Å²) in [6.07, 6.45) is -4.83. The molecule has 37 heavy (non-hydrogen) atoms. The maximum absolute atomic E-state index is 13.6. The van der Waals surface area contributed by atoms with Crippen LogP contribution in [0.25, 0.3) is 0 Å². The Morgan fingerprint density at radius 3 is 2.35 bits per heavy atom. The second-order valence-corrected chi connectivity index (χ2v) is 11.8. The minimum Gasteiger partial charge on any atom is -0.486 e. The Hall–Kier alpha value is -2.80. The minimum atomic E-state index is -4.71. The van der Waals surface area contributed by atoms with Crippen molar-refractivity contribution in [1.29, 1.82) is 0 Å². The number of anilines is 1. The molecule has 1 unspecified atom stereocenters. The molecule has 1 aliphatic heterocycles. The summed E-state index contributed by atoms with van der Waals surface area (Å²) in [7, 11) is -2.05. The first-order valence-corrected chi connectivity index (χ1v) is 13.4. The number of benzene rings is 2. The summed E-state index contributed by atoms with van der Waals surface area (Å²) in [4.78, 5) is 24.0. The van der Waals surface area contributed by atoms with E-state index in [0.29, 0.717) is 17.0 Å². The summed E-state index contributed by atoms with van der Waals surface area (Å²) >= 11 is 3.29. The molecule has 0 bridgehead atoms. The molecule has 200 valence electrons. The Balaban J connectivity index is 1.62. The number of esters is 2. The third-order valence-electron chi connectivity index (χ3n) is 6.62. The van der Waals surface area contributed by atoms with Crippen LogP contribution in [0.1, 0.15) is 24.8 Å². The summed E-state index contributed by atoms with van der Waals surface area (Å²) < 4.78 is 84.1. The van der Waals surface area contributed by atoms with Gasteiger partial charge in [0.25, 0.3) is 10.0 Å². The quantitative estimate of drug-likeness (QED) is 0.352. The van der Waals surface area contributed by atoms with E-state index >= 15 is 0 Å². The predicted octanol–water partition coefficient (Wildman–Crippen LogP) is 4.56. The Kier molecular flexibility index (Phi) is 7.23. The number of nitrogens with zero attached hydrogens (tertiary/aromatic N) is 1. The molecule has 2 aromatic rings. The van der Waals surface area contributed by atoms with Gasteiger partial charge in [0, 0.05) is 4.47 Å². The highest BCUT2D eigenvalue weighted by Gasteiger charge is 2.58. The summed E-state index contributed by atoms with van der Waals surface area (Å²) in [6.45, 7) is -0.179. The van der Waals surface area contributed by atoms with Crippen molar-refractivity contribution in [2.75, 3.05) is 25.1 Å². The van der Waals surface area contributed by atoms with Crippen molar-refractivity contribution >= 4 is 43.6 Å². The zero-order chi connectivity index (χ0) is 27.2. The van der Waals surface area contributed by atoms with Gasteiger partial charge in [0.1, 0.15) is 11.9 Å². The fraction of sp³-hybridized carbons (Fsp3) is 0.417. The second-order valence-electron chi connectivity index (χ2n) is 8.99. The average molecular weight is 606 g/mol. The highest BCUT2D eigenvalue weighted by molar-refractivity contribution is 9.10. The van der Waals surface area contributed by atoms with Gasteiger partial charge in [0.15, 0.2) is 5.41 Å². The number of alkyl halides is 3. The number of rotatable bonds is 6. The lowest BCUT2D eigenvalue weighted by Crippen LogP contribution is -2.53. The Bertz CT molecular complexity index is 1310. The molecule has 0 saturated heterocycles. The van der Waals surface area contributed by atoms with Crippen LogP contribution >= 0.6 is 15.9 Å². The standard InChI is InChI=1S/C24H23BrF3NO7S/c1-34-21(30)23(22(31)35-2)11-14(12-23)8-17-13-29(19-10-16(25)6-7-20(19)36-17)37(32,33)18-5-3-4-15(9-18)24(26,27)28/h3-7,9-10,14,17H,8,11-13H2,1-2H3. The van der Waals surface area contributed by atoms with Gasteiger partial charge in [0.2, 0.25) is 0 Å². The van der Waals surface area contributed by atoms with Gasteiger partial charge in [-0.25, -0.2) is 8.42 Å². The van der Waals surface area contributed by atoms with Crippen LogP contribution in [0, 0.1) is 11.3 Å². The number of hydrogen-bond acceptors (Lipinski definition) is 7. The monoisotopic (exact) mass is 605 g/mol. The van der Waals surface area contributed by atoms with Crippen molar-refractivity contribution in [1.82, 2.24) is 0 Å². The first-order chi connectivity index (χ1) is 17.3. The molecular formula is C24H23BrF3NO7S. The molecule has 0 radical (unpaired) electrons. The van der Waals surface area contributed by atoms with Crippen molar-refractivity contribution in [2.45, 2.75) is 36.4 Å². The summed E-state index contributed by atoms with van der Waals surface area (Å²) in [6, 6.07) is 8.29. The molecule has 2 aliphatic rings. The maximum atomic E-state index is 13.6. The summed E-state index contributed by atoms with van der Waals surface area (Å²) in [5.41, 5.74) is -2.32. The van der Waals surface area contributed by atoms with Crippen LogP contribution in [0.4, 0.5) is 18.9 Å². The smallest absolute Gasteiger partial charge is 0.416 e. The van der Waals surface area contributed by atoms with Gasteiger partial charge in [-0.1, -0.05) is 22.0 Å². The summed E-state index contributed by atoms with van der Waals surface area (Å²) in [5, 5.41) is 0. The van der Waals surface area contributed by atoms with Crippen LogP contribution < -0.4 is 9.04 Å². The molecule has 1 fully saturated rings. The minimum absolute atomic E-state index is 0.139. The van der Waals surface area contributed by atoms with Gasteiger partial charge in [-0.3, -0.25) is 13.9 Å². The first kappa shape index (κ1) is 27.2. The Morgan fingerprint density at radius 1 is 1.11 bits per heavy atom. The summed E-state index contributed by atoms with van der Waals surface area (Å²) in [5.74, 6) is -1.35. The predicted molar refractivity (Wildman–Crippen MR) is 128 cm³/mol. The van der Waals surface area contributed by atoms with E-state index in [9.17, 15) is 31.2 Å². The number of hydrogen-bond donors (Lipinski definition) is 0. The van der Waals surface area contributed by atoms with E-state index in [4.69, 9.17) is 14.2 Å². The molecule has 2 aromatic carbocycles. The number of ether oxygens (including phenoxy) is 3. The number of fused-ring (bicyclic) bond motifs is 1. The third kappa shape index (κ3) is 5.02. The van der Waals surface area contributed by atoms with Crippen LogP contribution in [-0.2, 0) is 35.3 Å². The Morgan fingerprint density at radius 2 is 1.76 bits per heavy atom. The van der Waals surface area contributed by atoms with Crippen LogP contribution in [0.2, 0.25) is 0 Å². The Labute approximate surface area is 219 Å². The van der Waals surface area contributed by atoms with E-state index in [-0.39, 0.29) is 36.7 Å². The van der Waals surface area contributed by atoms with Crippen molar-refractivity contribution in [3.05, 3.63) is 52.5 Å². The lowest BCUT2D eigenvalue weighted by molar-refractivity contribution is -0.181. The highest BCUT2D eigenvalue weighted by atomic mass is 79.9. The van der Waals surface area contributed by atoms with E-state index < -0.39 is 50.1 Å². The van der Waals surface area contributed by atoms with Crippen molar-refractivity contribution in [2.24, 2.45) is 11.3 Å². The normalized spacial score (nSPS) is 19.3. The number of carbonyl (C=O) groups is 2. The first-order valence-electron chi connectivity index (χ1n) is 11.1. The van der Waals surface area contributed by atoms with Crippen molar-refractivity contribution < 1.29 is 45.4 Å². The molecule has 8 nitrogen and oxygen atoms in total. The fourth-order valence-corrected chi connectivity index (χ4v) is 6.76. The van der Waals surface area contributed by atoms with Gasteiger partial charge in [-0.05, 0) is 61.6 Å².